The minimum atomic E-state index is -0.474. The van der Waals surface area contributed by atoms with Crippen molar-refractivity contribution in [2.45, 2.75) is 6.92 Å². The van der Waals surface area contributed by atoms with Gasteiger partial charge in [-0.1, -0.05) is 18.2 Å². The van der Waals surface area contributed by atoms with E-state index < -0.39 is 5.91 Å². The van der Waals surface area contributed by atoms with Crippen molar-refractivity contribution in [2.24, 2.45) is 0 Å². The van der Waals surface area contributed by atoms with E-state index in [2.05, 4.69) is 43.8 Å². The zero-order valence-corrected chi connectivity index (χ0v) is 17.5. The van der Waals surface area contributed by atoms with Crippen molar-refractivity contribution in [3.8, 4) is 17.9 Å². The number of hydrogen-bond acceptors (Lipinski definition) is 4. The van der Waals surface area contributed by atoms with Crippen LogP contribution in [0, 0.1) is 33.2 Å². The van der Waals surface area contributed by atoms with Gasteiger partial charge in [-0.05, 0) is 80.8 Å². The first kappa shape index (κ1) is 20.0. The van der Waals surface area contributed by atoms with Crippen LogP contribution in [0.1, 0.15) is 11.1 Å². The Bertz CT molecular complexity index is 935. The van der Waals surface area contributed by atoms with Gasteiger partial charge in [0.2, 0.25) is 0 Å². The van der Waals surface area contributed by atoms with E-state index in [-0.39, 0.29) is 12.2 Å². The Morgan fingerprint density at radius 1 is 1.35 bits per heavy atom. The molecule has 5 nitrogen and oxygen atoms in total. The molecule has 2 aromatic rings. The molecule has 7 heteroatoms. The molecule has 1 N–H and O–H groups in total. The van der Waals surface area contributed by atoms with Gasteiger partial charge >= 0.3 is 0 Å². The number of hydrogen-bond donors (Lipinski definition) is 1. The lowest BCUT2D eigenvalue weighted by molar-refractivity contribution is -0.112. The van der Waals surface area contributed by atoms with Crippen molar-refractivity contribution in [3.05, 3.63) is 61.1 Å². The van der Waals surface area contributed by atoms with E-state index in [4.69, 9.17) is 10.00 Å². The summed E-state index contributed by atoms with van der Waals surface area (Å²) < 4.78 is 6.76. The van der Waals surface area contributed by atoms with Crippen molar-refractivity contribution >= 4 is 56.2 Å². The third-order valence-electron chi connectivity index (χ3n) is 3.37. The minimum absolute atomic E-state index is 0.0124. The molecule has 0 aliphatic carbocycles. The van der Waals surface area contributed by atoms with Gasteiger partial charge in [-0.2, -0.15) is 10.5 Å². The summed E-state index contributed by atoms with van der Waals surface area (Å²) in [5, 5.41) is 20.7. The molecule has 0 unspecified atom stereocenters. The fraction of sp³-hybridized carbons (Fsp3) is 0.105. The van der Waals surface area contributed by atoms with E-state index >= 15 is 0 Å². The Morgan fingerprint density at radius 2 is 2.08 bits per heavy atom. The summed E-state index contributed by atoms with van der Waals surface area (Å²) in [4.78, 5) is 12.4. The first-order chi connectivity index (χ1) is 12.5. The quantitative estimate of drug-likeness (QED) is 0.347. The number of anilines is 1. The summed E-state index contributed by atoms with van der Waals surface area (Å²) in [5.41, 5.74) is 2.23. The third-order valence-corrected chi connectivity index (χ3v) is 4.76. The van der Waals surface area contributed by atoms with Crippen molar-refractivity contribution in [2.75, 3.05) is 11.9 Å². The molecule has 0 bridgehead atoms. The standard InChI is InChI=1S/C19H13BrIN3O2/c1-12-4-2-3-5-17(12)24-19(25)14(11-23)8-13-9-15(20)18(16(21)10-13)26-7-6-22/h2-5,8-10H,7H2,1H3,(H,24,25)/b14-8-. The Labute approximate surface area is 173 Å². The number of nitrogens with zero attached hydrogens (tertiary/aromatic N) is 2. The SMILES string of the molecule is Cc1ccccc1NC(=O)/C(C#N)=C\c1cc(Br)c(OCC#N)c(I)c1. The molecule has 0 saturated carbocycles. The van der Waals surface area contributed by atoms with Crippen LogP contribution in [0.2, 0.25) is 0 Å². The largest absolute Gasteiger partial charge is 0.476 e. The lowest BCUT2D eigenvalue weighted by Gasteiger charge is -2.09. The normalized spacial score (nSPS) is 10.6. The first-order valence-corrected chi connectivity index (χ1v) is 9.31. The molecule has 0 fully saturated rings. The number of para-hydroxylation sites is 1. The van der Waals surface area contributed by atoms with Gasteiger partial charge in [0, 0.05) is 5.69 Å². The number of carbonyl (C=O) groups is 1. The minimum Gasteiger partial charge on any atom is -0.476 e. The highest BCUT2D eigenvalue weighted by Gasteiger charge is 2.13. The fourth-order valence-electron chi connectivity index (χ4n) is 2.12. The van der Waals surface area contributed by atoms with Gasteiger partial charge in [0.15, 0.2) is 6.61 Å². The Morgan fingerprint density at radius 3 is 2.69 bits per heavy atom. The van der Waals surface area contributed by atoms with Gasteiger partial charge in [0.05, 0.1) is 8.04 Å². The second kappa shape index (κ2) is 9.37. The van der Waals surface area contributed by atoms with E-state index in [1.165, 1.54) is 6.08 Å². The van der Waals surface area contributed by atoms with Crippen LogP contribution in [0.3, 0.4) is 0 Å². The molecule has 2 rings (SSSR count). The van der Waals surface area contributed by atoms with Gasteiger partial charge in [-0.25, -0.2) is 0 Å². The molecule has 0 aliphatic heterocycles. The van der Waals surface area contributed by atoms with Crippen LogP contribution in [0.4, 0.5) is 5.69 Å². The highest BCUT2D eigenvalue weighted by Crippen LogP contribution is 2.32. The highest BCUT2D eigenvalue weighted by molar-refractivity contribution is 14.1. The second-order valence-corrected chi connectivity index (χ2v) is 7.22. The zero-order chi connectivity index (χ0) is 19.1. The number of rotatable bonds is 5. The summed E-state index contributed by atoms with van der Waals surface area (Å²) in [5.74, 6) is 0.0740. The predicted molar refractivity (Wildman–Crippen MR) is 111 cm³/mol. The van der Waals surface area contributed by atoms with Crippen molar-refractivity contribution < 1.29 is 9.53 Å². The van der Waals surface area contributed by atoms with Gasteiger partial charge in [-0.15, -0.1) is 0 Å². The van der Waals surface area contributed by atoms with E-state index in [1.54, 1.807) is 18.2 Å². The monoisotopic (exact) mass is 521 g/mol. The highest BCUT2D eigenvalue weighted by atomic mass is 127. The number of ether oxygens (including phenoxy) is 1. The number of nitriles is 2. The second-order valence-electron chi connectivity index (χ2n) is 5.20. The summed E-state index contributed by atoms with van der Waals surface area (Å²) in [6.07, 6.45) is 1.51. The number of nitrogens with one attached hydrogen (secondary N) is 1. The maximum absolute atomic E-state index is 12.4. The van der Waals surface area contributed by atoms with Crippen LogP contribution >= 0.6 is 38.5 Å². The molecule has 26 heavy (non-hydrogen) atoms. The van der Waals surface area contributed by atoms with E-state index in [0.717, 1.165) is 9.13 Å². The summed E-state index contributed by atoms with van der Waals surface area (Å²) in [7, 11) is 0. The van der Waals surface area contributed by atoms with Crippen LogP contribution in [0.15, 0.2) is 46.4 Å². The van der Waals surface area contributed by atoms with Crippen LogP contribution in [-0.2, 0) is 4.79 Å². The third kappa shape index (κ3) is 5.07. The van der Waals surface area contributed by atoms with Gasteiger partial charge in [0.1, 0.15) is 23.5 Å². The average Bonchev–Trinajstić information content (AvgIpc) is 2.61. The number of aryl methyl sites for hydroxylation is 1. The van der Waals surface area contributed by atoms with Gasteiger partial charge in [-0.3, -0.25) is 4.79 Å². The maximum atomic E-state index is 12.4. The molecule has 1 amide bonds. The van der Waals surface area contributed by atoms with Crippen LogP contribution < -0.4 is 10.1 Å². The predicted octanol–water partition coefficient (Wildman–Crippen LogP) is 4.81. The number of halogens is 2. The first-order valence-electron chi connectivity index (χ1n) is 7.44. The van der Waals surface area contributed by atoms with Gasteiger partial charge in [0.25, 0.3) is 5.91 Å². The van der Waals surface area contributed by atoms with E-state index in [9.17, 15) is 10.1 Å². The molecule has 0 saturated heterocycles. The summed E-state index contributed by atoms with van der Waals surface area (Å²) in [6.45, 7) is 1.82. The maximum Gasteiger partial charge on any atom is 0.266 e. The molecule has 0 spiro atoms. The lowest BCUT2D eigenvalue weighted by Crippen LogP contribution is -2.14. The Kier molecular flexibility index (Phi) is 7.19. The topological polar surface area (TPSA) is 85.9 Å². The van der Waals surface area contributed by atoms with Crippen LogP contribution in [-0.4, -0.2) is 12.5 Å². The molecule has 130 valence electrons. The Hall–Kier alpha value is -2.36. The molecular weight excluding hydrogens is 509 g/mol. The molecular formula is C19H13BrIN3O2. The smallest absolute Gasteiger partial charge is 0.266 e. The number of benzene rings is 2. The van der Waals surface area contributed by atoms with E-state index in [0.29, 0.717) is 21.5 Å². The number of carbonyl (C=O) groups excluding carboxylic acids is 1. The van der Waals surface area contributed by atoms with Crippen molar-refractivity contribution in [1.29, 1.82) is 10.5 Å². The van der Waals surface area contributed by atoms with Gasteiger partial charge < -0.3 is 10.1 Å². The van der Waals surface area contributed by atoms with Crippen LogP contribution in [0.25, 0.3) is 6.08 Å². The summed E-state index contributed by atoms with van der Waals surface area (Å²) >= 11 is 5.46. The molecule has 0 aliphatic rings. The Balaban J connectivity index is 2.28. The van der Waals surface area contributed by atoms with E-state index in [1.807, 2.05) is 37.3 Å². The molecule has 0 radical (unpaired) electrons. The zero-order valence-electron chi connectivity index (χ0n) is 13.7. The number of amides is 1. The molecule has 2 aromatic carbocycles. The molecule has 0 heterocycles. The van der Waals surface area contributed by atoms with Crippen LogP contribution in [0.5, 0.6) is 5.75 Å². The van der Waals surface area contributed by atoms with Crippen molar-refractivity contribution in [3.63, 3.8) is 0 Å². The fourth-order valence-corrected chi connectivity index (χ4v) is 3.89. The molecule has 0 atom stereocenters. The van der Waals surface area contributed by atoms with Crippen molar-refractivity contribution in [1.82, 2.24) is 0 Å². The molecule has 0 aromatic heterocycles. The lowest BCUT2D eigenvalue weighted by atomic mass is 10.1. The summed E-state index contributed by atoms with van der Waals surface area (Å²) in [6, 6.07) is 14.7. The average molecular weight is 522 g/mol.